The molecule has 3 rings (SSSR count). The van der Waals surface area contributed by atoms with Gasteiger partial charge in [-0.25, -0.2) is 19.0 Å². The van der Waals surface area contributed by atoms with Crippen molar-refractivity contribution in [2.24, 2.45) is 0 Å². The molecule has 2 heterocycles. The van der Waals surface area contributed by atoms with Crippen LogP contribution in [0.5, 0.6) is 0 Å². The van der Waals surface area contributed by atoms with Crippen molar-refractivity contribution in [2.45, 2.75) is 6.54 Å². The molecule has 0 radical (unpaired) electrons. The molecule has 2 aromatic heterocycles. The summed E-state index contributed by atoms with van der Waals surface area (Å²) in [7, 11) is 0. The molecule has 0 saturated carbocycles. The minimum atomic E-state index is -0.404. The molecule has 0 unspecified atom stereocenters. The van der Waals surface area contributed by atoms with Crippen LogP contribution in [0.1, 0.15) is 5.56 Å². The fourth-order valence-electron chi connectivity index (χ4n) is 1.83. The van der Waals surface area contributed by atoms with E-state index >= 15 is 0 Å². The second kappa shape index (κ2) is 5.88. The number of pyridine rings is 1. The van der Waals surface area contributed by atoms with Crippen molar-refractivity contribution in [3.8, 4) is 5.82 Å². The number of halogens is 2. The van der Waals surface area contributed by atoms with Gasteiger partial charge in [-0.05, 0) is 18.2 Å². The lowest BCUT2D eigenvalue weighted by Crippen LogP contribution is -2.03. The van der Waals surface area contributed by atoms with E-state index < -0.39 is 5.82 Å². The Morgan fingerprint density at radius 1 is 1.24 bits per heavy atom. The van der Waals surface area contributed by atoms with Crippen molar-refractivity contribution in [1.82, 2.24) is 19.7 Å². The van der Waals surface area contributed by atoms with E-state index in [0.29, 0.717) is 17.9 Å². The Labute approximate surface area is 125 Å². The van der Waals surface area contributed by atoms with Crippen molar-refractivity contribution in [3.63, 3.8) is 0 Å². The van der Waals surface area contributed by atoms with Crippen LogP contribution in [0.15, 0.2) is 49.2 Å². The van der Waals surface area contributed by atoms with E-state index in [1.807, 2.05) is 6.07 Å². The molecule has 3 aromatic rings. The number of benzene rings is 1. The first-order valence-corrected chi connectivity index (χ1v) is 6.59. The zero-order chi connectivity index (χ0) is 14.7. The lowest BCUT2D eigenvalue weighted by molar-refractivity contribution is 0.613. The molecule has 0 aliphatic rings. The van der Waals surface area contributed by atoms with Gasteiger partial charge in [0.25, 0.3) is 0 Å². The first-order valence-electron chi connectivity index (χ1n) is 6.22. The summed E-state index contributed by atoms with van der Waals surface area (Å²) < 4.78 is 15.3. The topological polar surface area (TPSA) is 55.6 Å². The second-order valence-corrected chi connectivity index (χ2v) is 4.72. The maximum Gasteiger partial charge on any atom is 0.155 e. The first-order chi connectivity index (χ1) is 10.2. The Kier molecular flexibility index (Phi) is 3.79. The van der Waals surface area contributed by atoms with E-state index in [1.54, 1.807) is 35.4 Å². The van der Waals surface area contributed by atoms with Crippen LogP contribution in [-0.4, -0.2) is 19.7 Å². The summed E-state index contributed by atoms with van der Waals surface area (Å²) in [6.07, 6.45) is 4.66. The number of hydrogen-bond acceptors (Lipinski definition) is 4. The first kappa shape index (κ1) is 13.5. The molecule has 0 atom stereocenters. The van der Waals surface area contributed by atoms with Crippen molar-refractivity contribution in [2.75, 3.05) is 5.32 Å². The lowest BCUT2D eigenvalue weighted by Gasteiger charge is -2.08. The van der Waals surface area contributed by atoms with Crippen molar-refractivity contribution >= 4 is 17.3 Å². The van der Waals surface area contributed by atoms with Gasteiger partial charge in [0.1, 0.15) is 18.5 Å². The average molecular weight is 304 g/mol. The third kappa shape index (κ3) is 3.00. The van der Waals surface area contributed by atoms with E-state index in [4.69, 9.17) is 11.6 Å². The molecule has 0 aliphatic heterocycles. The fourth-order valence-corrected chi connectivity index (χ4v) is 2.03. The molecule has 5 nitrogen and oxygen atoms in total. The normalized spacial score (nSPS) is 10.6. The van der Waals surface area contributed by atoms with Crippen LogP contribution >= 0.6 is 11.6 Å². The van der Waals surface area contributed by atoms with Crippen molar-refractivity contribution in [1.29, 1.82) is 0 Å². The molecular formula is C14H11ClFN5. The van der Waals surface area contributed by atoms with Crippen LogP contribution in [0.2, 0.25) is 5.02 Å². The SMILES string of the molecule is Fc1c(Cl)cccc1CNc1ccc(-n2cncn2)nc1. The molecule has 0 bridgehead atoms. The summed E-state index contributed by atoms with van der Waals surface area (Å²) in [6, 6.07) is 8.56. The van der Waals surface area contributed by atoms with Crippen LogP contribution in [0.25, 0.3) is 5.82 Å². The molecule has 106 valence electrons. The second-order valence-electron chi connectivity index (χ2n) is 4.31. The van der Waals surface area contributed by atoms with Crippen molar-refractivity contribution in [3.05, 3.63) is 65.6 Å². The molecule has 0 amide bonds. The van der Waals surface area contributed by atoms with Gasteiger partial charge in [-0.2, -0.15) is 5.10 Å². The standard InChI is InChI=1S/C14H11ClFN5/c15-12-3-1-2-10(14(12)16)6-18-11-4-5-13(19-7-11)21-9-17-8-20-21/h1-5,7-9,18H,6H2. The van der Waals surface area contributed by atoms with Gasteiger partial charge >= 0.3 is 0 Å². The fraction of sp³-hybridized carbons (Fsp3) is 0.0714. The summed E-state index contributed by atoms with van der Waals surface area (Å²) in [5.41, 5.74) is 1.28. The maximum absolute atomic E-state index is 13.7. The molecule has 1 N–H and O–H groups in total. The van der Waals surface area contributed by atoms with Crippen LogP contribution in [0.4, 0.5) is 10.1 Å². The third-order valence-corrected chi connectivity index (χ3v) is 3.21. The Bertz CT molecular complexity index is 728. The average Bonchev–Trinajstić information content (AvgIpc) is 3.04. The smallest absolute Gasteiger partial charge is 0.155 e. The van der Waals surface area contributed by atoms with E-state index in [9.17, 15) is 4.39 Å². The van der Waals surface area contributed by atoms with E-state index in [2.05, 4.69) is 20.4 Å². The number of aromatic nitrogens is 4. The van der Waals surface area contributed by atoms with Gasteiger partial charge in [-0.1, -0.05) is 23.7 Å². The number of nitrogens with one attached hydrogen (secondary N) is 1. The third-order valence-electron chi connectivity index (χ3n) is 2.92. The molecule has 0 saturated heterocycles. The zero-order valence-electron chi connectivity index (χ0n) is 10.9. The van der Waals surface area contributed by atoms with E-state index in [1.165, 1.54) is 12.4 Å². The van der Waals surface area contributed by atoms with Crippen LogP contribution in [0.3, 0.4) is 0 Å². The summed E-state index contributed by atoms with van der Waals surface area (Å²) in [5, 5.41) is 7.20. The predicted octanol–water partition coefficient (Wildman–Crippen LogP) is 3.07. The lowest BCUT2D eigenvalue weighted by atomic mass is 10.2. The van der Waals surface area contributed by atoms with Gasteiger partial charge in [-0.15, -0.1) is 0 Å². The van der Waals surface area contributed by atoms with Gasteiger partial charge in [-0.3, -0.25) is 0 Å². The van der Waals surface area contributed by atoms with Crippen molar-refractivity contribution < 1.29 is 4.39 Å². The van der Waals surface area contributed by atoms with Gasteiger partial charge in [0.15, 0.2) is 5.82 Å². The monoisotopic (exact) mass is 303 g/mol. The molecule has 0 aliphatic carbocycles. The summed E-state index contributed by atoms with van der Waals surface area (Å²) >= 11 is 5.74. The number of nitrogens with zero attached hydrogens (tertiary/aromatic N) is 4. The Morgan fingerprint density at radius 3 is 2.86 bits per heavy atom. The largest absolute Gasteiger partial charge is 0.380 e. The van der Waals surface area contributed by atoms with Gasteiger partial charge < -0.3 is 5.32 Å². The van der Waals surface area contributed by atoms with Gasteiger partial charge in [0.05, 0.1) is 16.9 Å². The quantitative estimate of drug-likeness (QED) is 0.805. The van der Waals surface area contributed by atoms with Gasteiger partial charge in [0, 0.05) is 12.1 Å². The van der Waals surface area contributed by atoms with Crippen LogP contribution in [0, 0.1) is 5.82 Å². The molecule has 7 heteroatoms. The summed E-state index contributed by atoms with van der Waals surface area (Å²) in [5.74, 6) is 0.255. The summed E-state index contributed by atoms with van der Waals surface area (Å²) in [4.78, 5) is 8.11. The number of rotatable bonds is 4. The number of hydrogen-bond donors (Lipinski definition) is 1. The predicted molar refractivity (Wildman–Crippen MR) is 77.9 cm³/mol. The molecular weight excluding hydrogens is 293 g/mol. The van der Waals surface area contributed by atoms with Crippen LogP contribution < -0.4 is 5.32 Å². The minimum absolute atomic E-state index is 0.119. The zero-order valence-corrected chi connectivity index (χ0v) is 11.6. The molecule has 0 fully saturated rings. The number of anilines is 1. The van der Waals surface area contributed by atoms with E-state index in [0.717, 1.165) is 5.69 Å². The highest BCUT2D eigenvalue weighted by atomic mass is 35.5. The summed E-state index contributed by atoms with van der Waals surface area (Å²) in [6.45, 7) is 0.330. The highest BCUT2D eigenvalue weighted by Crippen LogP contribution is 2.19. The Balaban J connectivity index is 1.70. The minimum Gasteiger partial charge on any atom is -0.380 e. The Morgan fingerprint density at radius 2 is 2.14 bits per heavy atom. The molecule has 1 aromatic carbocycles. The maximum atomic E-state index is 13.7. The highest BCUT2D eigenvalue weighted by Gasteiger charge is 2.06. The highest BCUT2D eigenvalue weighted by molar-refractivity contribution is 6.30. The molecule has 21 heavy (non-hydrogen) atoms. The molecule has 0 spiro atoms. The Hall–Kier alpha value is -2.47. The van der Waals surface area contributed by atoms with Gasteiger partial charge in [0.2, 0.25) is 0 Å². The van der Waals surface area contributed by atoms with E-state index in [-0.39, 0.29) is 5.02 Å². The van der Waals surface area contributed by atoms with Crippen LogP contribution in [-0.2, 0) is 6.54 Å².